The van der Waals surface area contributed by atoms with E-state index in [1.807, 2.05) is 0 Å². The van der Waals surface area contributed by atoms with Gasteiger partial charge in [0.15, 0.2) is 0 Å². The highest BCUT2D eigenvalue weighted by atomic mass is 16.5. The number of nitrogens with one attached hydrogen (secondary N) is 1. The SMILES string of the molecule is [B]c1cn[nH]c1C(=O)OC. The van der Waals surface area contributed by atoms with E-state index in [2.05, 4.69) is 14.9 Å². The van der Waals surface area contributed by atoms with Crippen LogP contribution in [0, 0.1) is 0 Å². The molecule has 0 bridgehead atoms. The second-order valence-corrected chi connectivity index (χ2v) is 1.69. The molecule has 1 N–H and O–H groups in total. The summed E-state index contributed by atoms with van der Waals surface area (Å²) < 4.78 is 4.39. The van der Waals surface area contributed by atoms with Gasteiger partial charge in [0.2, 0.25) is 0 Å². The van der Waals surface area contributed by atoms with Crippen LogP contribution >= 0.6 is 0 Å². The number of hydrogen-bond donors (Lipinski definition) is 1. The summed E-state index contributed by atoms with van der Waals surface area (Å²) in [5.74, 6) is -0.505. The third-order valence-electron chi connectivity index (χ3n) is 1.06. The standard InChI is InChI=1S/C5H5BN2O2/c1-10-5(9)4-3(6)2-7-8-4/h2H,1H3,(H,7,8). The van der Waals surface area contributed by atoms with E-state index in [-0.39, 0.29) is 5.69 Å². The lowest BCUT2D eigenvalue weighted by molar-refractivity contribution is 0.0595. The van der Waals surface area contributed by atoms with Gasteiger partial charge in [0.1, 0.15) is 13.5 Å². The molecule has 1 aromatic rings. The van der Waals surface area contributed by atoms with Gasteiger partial charge in [-0.15, -0.1) is 0 Å². The van der Waals surface area contributed by atoms with Gasteiger partial charge in [-0.1, -0.05) is 0 Å². The number of esters is 1. The Bertz CT molecular complexity index is 246. The molecule has 0 aliphatic heterocycles. The molecule has 5 heteroatoms. The van der Waals surface area contributed by atoms with E-state index in [0.717, 1.165) is 0 Å². The van der Waals surface area contributed by atoms with Crippen LogP contribution in [-0.2, 0) is 4.74 Å². The molecule has 1 aromatic heterocycles. The Morgan fingerprint density at radius 1 is 1.90 bits per heavy atom. The van der Waals surface area contributed by atoms with Crippen molar-refractivity contribution in [1.29, 1.82) is 0 Å². The van der Waals surface area contributed by atoms with Gasteiger partial charge in [0.25, 0.3) is 0 Å². The lowest BCUT2D eigenvalue weighted by Crippen LogP contribution is -2.14. The van der Waals surface area contributed by atoms with Crippen molar-refractivity contribution in [3.05, 3.63) is 11.9 Å². The van der Waals surface area contributed by atoms with Crippen molar-refractivity contribution in [2.75, 3.05) is 7.11 Å². The van der Waals surface area contributed by atoms with Crippen LogP contribution < -0.4 is 5.46 Å². The van der Waals surface area contributed by atoms with Crippen LogP contribution in [-0.4, -0.2) is 31.1 Å². The highest BCUT2D eigenvalue weighted by Crippen LogP contribution is 1.88. The molecule has 0 aliphatic rings. The molecule has 4 nitrogen and oxygen atoms in total. The average Bonchev–Trinajstić information content (AvgIpc) is 2.34. The number of aromatic amines is 1. The number of rotatable bonds is 1. The smallest absolute Gasteiger partial charge is 0.355 e. The summed E-state index contributed by atoms with van der Waals surface area (Å²) in [4.78, 5) is 10.7. The molecule has 2 radical (unpaired) electrons. The zero-order chi connectivity index (χ0) is 7.56. The van der Waals surface area contributed by atoms with Crippen LogP contribution in [0.2, 0.25) is 0 Å². The summed E-state index contributed by atoms with van der Waals surface area (Å²) in [5.41, 5.74) is 0.495. The number of ether oxygens (including phenoxy) is 1. The third kappa shape index (κ3) is 1.02. The Morgan fingerprint density at radius 3 is 3.00 bits per heavy atom. The summed E-state index contributed by atoms with van der Waals surface area (Å²) in [6.45, 7) is 0. The molecule has 50 valence electrons. The van der Waals surface area contributed by atoms with Gasteiger partial charge >= 0.3 is 5.97 Å². The van der Waals surface area contributed by atoms with E-state index in [4.69, 9.17) is 7.85 Å². The third-order valence-corrected chi connectivity index (χ3v) is 1.06. The molecule has 1 rings (SSSR count). The first-order valence-electron chi connectivity index (χ1n) is 2.63. The molecule has 0 fully saturated rings. The van der Waals surface area contributed by atoms with Gasteiger partial charge in [-0.2, -0.15) is 5.10 Å². The maximum absolute atomic E-state index is 10.7. The van der Waals surface area contributed by atoms with E-state index in [9.17, 15) is 4.79 Å². The minimum atomic E-state index is -0.505. The van der Waals surface area contributed by atoms with Crippen molar-refractivity contribution in [2.24, 2.45) is 0 Å². The lowest BCUT2D eigenvalue weighted by Gasteiger charge is -1.94. The maximum atomic E-state index is 10.7. The Morgan fingerprint density at radius 2 is 2.60 bits per heavy atom. The topological polar surface area (TPSA) is 55.0 Å². The van der Waals surface area contributed by atoms with Crippen molar-refractivity contribution in [3.8, 4) is 0 Å². The number of carbonyl (C=O) groups is 1. The summed E-state index contributed by atoms with van der Waals surface area (Å²) >= 11 is 0. The molecule has 1 heterocycles. The molecule has 0 amide bonds. The second kappa shape index (κ2) is 2.55. The van der Waals surface area contributed by atoms with Gasteiger partial charge in [0.05, 0.1) is 7.11 Å². The van der Waals surface area contributed by atoms with Crippen molar-refractivity contribution in [1.82, 2.24) is 10.2 Å². The van der Waals surface area contributed by atoms with Crippen molar-refractivity contribution in [3.63, 3.8) is 0 Å². The first kappa shape index (κ1) is 6.86. The minimum absolute atomic E-state index is 0.197. The summed E-state index contributed by atoms with van der Waals surface area (Å²) in [5, 5.41) is 5.95. The number of carbonyl (C=O) groups excluding carboxylic acids is 1. The monoisotopic (exact) mass is 136 g/mol. The van der Waals surface area contributed by atoms with E-state index >= 15 is 0 Å². The first-order chi connectivity index (χ1) is 4.75. The second-order valence-electron chi connectivity index (χ2n) is 1.69. The molecule has 0 aliphatic carbocycles. The van der Waals surface area contributed by atoms with Crippen LogP contribution in [0.3, 0.4) is 0 Å². The van der Waals surface area contributed by atoms with Crippen LogP contribution in [0.25, 0.3) is 0 Å². The largest absolute Gasteiger partial charge is 0.464 e. The molecule has 0 atom stereocenters. The van der Waals surface area contributed by atoms with Crippen LogP contribution in [0.5, 0.6) is 0 Å². The fraction of sp³-hybridized carbons (Fsp3) is 0.200. The zero-order valence-corrected chi connectivity index (χ0v) is 5.42. The van der Waals surface area contributed by atoms with Gasteiger partial charge < -0.3 is 4.74 Å². The fourth-order valence-electron chi connectivity index (χ4n) is 0.561. The molecule has 0 aromatic carbocycles. The average molecular weight is 136 g/mol. The first-order valence-corrected chi connectivity index (χ1v) is 2.63. The quantitative estimate of drug-likeness (QED) is 0.397. The zero-order valence-electron chi connectivity index (χ0n) is 5.42. The van der Waals surface area contributed by atoms with Crippen molar-refractivity contribution in [2.45, 2.75) is 0 Å². The van der Waals surface area contributed by atoms with Crippen LogP contribution in [0.15, 0.2) is 6.20 Å². The van der Waals surface area contributed by atoms with E-state index in [1.54, 1.807) is 0 Å². The lowest BCUT2D eigenvalue weighted by atomic mass is 9.97. The fourth-order valence-corrected chi connectivity index (χ4v) is 0.561. The number of nitrogens with zero attached hydrogens (tertiary/aromatic N) is 1. The van der Waals surface area contributed by atoms with Gasteiger partial charge in [-0.25, -0.2) is 4.79 Å². The predicted octanol–water partition coefficient (Wildman–Crippen LogP) is -1.01. The van der Waals surface area contributed by atoms with Crippen LogP contribution in [0.1, 0.15) is 10.5 Å². The molecular weight excluding hydrogens is 131 g/mol. The van der Waals surface area contributed by atoms with E-state index in [1.165, 1.54) is 13.3 Å². The van der Waals surface area contributed by atoms with Gasteiger partial charge in [0, 0.05) is 6.20 Å². The Balaban J connectivity index is 2.93. The number of methoxy groups -OCH3 is 1. The van der Waals surface area contributed by atoms with E-state index < -0.39 is 5.97 Å². The van der Waals surface area contributed by atoms with Crippen LogP contribution in [0.4, 0.5) is 0 Å². The molecule has 0 spiro atoms. The summed E-state index contributed by atoms with van der Waals surface area (Å²) in [7, 11) is 6.60. The molecular formula is C5H5BN2O2. The highest BCUT2D eigenvalue weighted by molar-refractivity contribution is 6.35. The number of hydrogen-bond acceptors (Lipinski definition) is 3. The normalized spacial score (nSPS) is 9.30. The minimum Gasteiger partial charge on any atom is -0.464 e. The number of H-pyrrole nitrogens is 1. The number of aromatic nitrogens is 2. The van der Waals surface area contributed by atoms with Crippen molar-refractivity contribution < 1.29 is 9.53 Å². The maximum Gasteiger partial charge on any atom is 0.355 e. The van der Waals surface area contributed by atoms with Gasteiger partial charge in [-0.05, 0) is 5.46 Å². The Labute approximate surface area is 59.0 Å². The highest BCUT2D eigenvalue weighted by Gasteiger charge is 2.08. The Kier molecular flexibility index (Phi) is 1.75. The summed E-state index contributed by atoms with van der Waals surface area (Å²) in [6, 6.07) is 0. The van der Waals surface area contributed by atoms with E-state index in [0.29, 0.717) is 5.46 Å². The summed E-state index contributed by atoms with van der Waals surface area (Å²) in [6.07, 6.45) is 1.35. The Hall–Kier alpha value is -1.26. The molecule has 10 heavy (non-hydrogen) atoms. The van der Waals surface area contributed by atoms with Crippen molar-refractivity contribution >= 4 is 19.3 Å². The molecule has 0 unspecified atom stereocenters. The molecule has 0 saturated heterocycles. The van der Waals surface area contributed by atoms with Gasteiger partial charge in [-0.3, -0.25) is 5.10 Å². The predicted molar refractivity (Wildman–Crippen MR) is 35.3 cm³/mol. The molecule has 0 saturated carbocycles.